The normalized spacial score (nSPS) is 56.2. The van der Waals surface area contributed by atoms with Crippen LogP contribution in [0, 0.1) is 11.3 Å². The van der Waals surface area contributed by atoms with Gasteiger partial charge in [-0.25, -0.2) is 0 Å². The zero-order valence-corrected chi connectivity index (χ0v) is 7.49. The van der Waals surface area contributed by atoms with Crippen molar-refractivity contribution in [1.82, 2.24) is 0 Å². The van der Waals surface area contributed by atoms with E-state index in [1.165, 1.54) is 0 Å². The molecule has 0 amide bonds. The van der Waals surface area contributed by atoms with Gasteiger partial charge in [-0.05, 0) is 18.8 Å². The molecule has 2 rings (SSSR count). The van der Waals surface area contributed by atoms with Gasteiger partial charge in [-0.2, -0.15) is 0 Å². The van der Waals surface area contributed by atoms with Gasteiger partial charge in [0.05, 0.1) is 11.7 Å². The smallest absolute Gasteiger partial charge is 0.109 e. The largest absolute Gasteiger partial charge is 0.390 e. The second-order valence-electron chi connectivity index (χ2n) is 4.73. The fraction of sp³-hybridized carbons (Fsp3) is 1.00. The van der Waals surface area contributed by atoms with Crippen molar-refractivity contribution in [3.63, 3.8) is 0 Å². The van der Waals surface area contributed by atoms with Gasteiger partial charge in [0.25, 0.3) is 0 Å². The van der Waals surface area contributed by atoms with Gasteiger partial charge in [0.2, 0.25) is 0 Å². The number of hydrogen-bond donors (Lipinski definition) is 3. The molecular formula is C9H16O3. The van der Waals surface area contributed by atoms with Crippen LogP contribution in [0.25, 0.3) is 0 Å². The summed E-state index contributed by atoms with van der Waals surface area (Å²) in [5.41, 5.74) is -1.40. The number of hydrogen-bond acceptors (Lipinski definition) is 3. The van der Waals surface area contributed by atoms with Crippen LogP contribution in [0.1, 0.15) is 26.7 Å². The van der Waals surface area contributed by atoms with Crippen LogP contribution in [0.15, 0.2) is 0 Å². The molecule has 0 aromatic heterocycles. The molecule has 2 fully saturated rings. The number of fused-ring (bicyclic) bond motifs is 2. The van der Waals surface area contributed by atoms with Crippen LogP contribution in [0.5, 0.6) is 0 Å². The van der Waals surface area contributed by atoms with Crippen molar-refractivity contribution in [3.8, 4) is 0 Å². The molecule has 2 aliphatic carbocycles. The van der Waals surface area contributed by atoms with Crippen molar-refractivity contribution in [2.45, 2.75) is 44.5 Å². The summed E-state index contributed by atoms with van der Waals surface area (Å²) >= 11 is 0. The van der Waals surface area contributed by atoms with E-state index < -0.39 is 17.8 Å². The topological polar surface area (TPSA) is 60.7 Å². The highest BCUT2D eigenvalue weighted by Crippen LogP contribution is 2.59. The number of aliphatic hydroxyl groups is 3. The summed E-state index contributed by atoms with van der Waals surface area (Å²) < 4.78 is 0. The van der Waals surface area contributed by atoms with E-state index in [0.29, 0.717) is 6.42 Å². The molecule has 0 aromatic rings. The van der Waals surface area contributed by atoms with Gasteiger partial charge < -0.3 is 15.3 Å². The van der Waals surface area contributed by atoms with E-state index in [0.717, 1.165) is 6.42 Å². The molecule has 4 atom stereocenters. The minimum Gasteiger partial charge on any atom is -0.390 e. The summed E-state index contributed by atoms with van der Waals surface area (Å²) in [5.74, 6) is 0.0532. The third-order valence-corrected chi connectivity index (χ3v) is 4.10. The van der Waals surface area contributed by atoms with Gasteiger partial charge in [-0.15, -0.1) is 0 Å². The highest BCUT2D eigenvalue weighted by molar-refractivity contribution is 5.17. The Morgan fingerprint density at radius 2 is 1.83 bits per heavy atom. The SMILES string of the molecule is CC1(C)C2CC[C@]1(O)[C@@H](O)[C@H]2O. The maximum atomic E-state index is 10.1. The summed E-state index contributed by atoms with van der Waals surface area (Å²) in [5, 5.41) is 29.3. The van der Waals surface area contributed by atoms with Crippen LogP contribution >= 0.6 is 0 Å². The lowest BCUT2D eigenvalue weighted by atomic mass is 9.78. The molecule has 0 saturated heterocycles. The van der Waals surface area contributed by atoms with Crippen LogP contribution in [0.2, 0.25) is 0 Å². The van der Waals surface area contributed by atoms with E-state index >= 15 is 0 Å². The molecule has 2 saturated carbocycles. The Hall–Kier alpha value is -0.120. The summed E-state index contributed by atoms with van der Waals surface area (Å²) in [6.45, 7) is 3.84. The monoisotopic (exact) mass is 172 g/mol. The zero-order chi connectivity index (χ0) is 9.15. The average Bonchev–Trinajstić information content (AvgIpc) is 2.26. The predicted octanol–water partition coefficient (Wildman–Crippen LogP) is -0.111. The highest BCUT2D eigenvalue weighted by atomic mass is 16.4. The number of rotatable bonds is 0. The van der Waals surface area contributed by atoms with Crippen molar-refractivity contribution in [2.75, 3.05) is 0 Å². The Balaban J connectivity index is 2.44. The van der Waals surface area contributed by atoms with E-state index in [4.69, 9.17) is 0 Å². The van der Waals surface area contributed by atoms with Crippen molar-refractivity contribution in [2.24, 2.45) is 11.3 Å². The lowest BCUT2D eigenvalue weighted by molar-refractivity contribution is -0.125. The Bertz CT molecular complexity index is 214. The minimum absolute atomic E-state index is 0.0532. The third-order valence-electron chi connectivity index (χ3n) is 4.10. The Morgan fingerprint density at radius 3 is 2.08 bits per heavy atom. The Morgan fingerprint density at radius 1 is 1.25 bits per heavy atom. The molecule has 1 unspecified atom stereocenters. The first kappa shape index (κ1) is 8.48. The first-order chi connectivity index (χ1) is 5.41. The first-order valence-electron chi connectivity index (χ1n) is 4.50. The van der Waals surface area contributed by atoms with Crippen molar-refractivity contribution in [1.29, 1.82) is 0 Å². The average molecular weight is 172 g/mol. The van der Waals surface area contributed by atoms with E-state index in [-0.39, 0.29) is 11.3 Å². The van der Waals surface area contributed by atoms with E-state index in [2.05, 4.69) is 0 Å². The van der Waals surface area contributed by atoms with Crippen LogP contribution in [0.4, 0.5) is 0 Å². The molecule has 12 heavy (non-hydrogen) atoms. The lowest BCUT2D eigenvalue weighted by Gasteiger charge is -2.34. The van der Waals surface area contributed by atoms with Gasteiger partial charge in [-0.3, -0.25) is 0 Å². The van der Waals surface area contributed by atoms with E-state index in [1.54, 1.807) is 0 Å². The second-order valence-corrected chi connectivity index (χ2v) is 4.73. The summed E-state index contributed by atoms with van der Waals surface area (Å²) in [7, 11) is 0. The molecule has 0 heterocycles. The molecule has 0 aliphatic heterocycles. The molecule has 3 nitrogen and oxygen atoms in total. The lowest BCUT2D eigenvalue weighted by Crippen LogP contribution is -2.48. The third kappa shape index (κ3) is 0.640. The Labute approximate surface area is 72.0 Å². The highest BCUT2D eigenvalue weighted by Gasteiger charge is 2.67. The van der Waals surface area contributed by atoms with Crippen LogP contribution < -0.4 is 0 Å². The van der Waals surface area contributed by atoms with Crippen molar-refractivity contribution >= 4 is 0 Å². The second kappa shape index (κ2) is 2.03. The standard InChI is InChI=1S/C9H16O3/c1-8(2)5-3-4-9(8,12)7(11)6(5)10/h5-7,10-12H,3-4H2,1-2H3/t5?,6-,7-,9-/m0/s1. The fourth-order valence-corrected chi connectivity index (χ4v) is 3.01. The summed E-state index contributed by atoms with van der Waals surface area (Å²) in [6.07, 6.45) is -0.255. The molecule has 2 aliphatic rings. The van der Waals surface area contributed by atoms with Crippen LogP contribution in [-0.4, -0.2) is 33.1 Å². The van der Waals surface area contributed by atoms with E-state index in [1.807, 2.05) is 13.8 Å². The minimum atomic E-state index is -1.06. The van der Waals surface area contributed by atoms with Gasteiger partial charge in [0.1, 0.15) is 6.10 Å². The summed E-state index contributed by atoms with van der Waals surface area (Å²) in [4.78, 5) is 0. The quantitative estimate of drug-likeness (QED) is 0.478. The molecule has 70 valence electrons. The van der Waals surface area contributed by atoms with Crippen LogP contribution in [0.3, 0.4) is 0 Å². The molecule has 3 heteroatoms. The summed E-state index contributed by atoms with van der Waals surface area (Å²) in [6, 6.07) is 0. The zero-order valence-electron chi connectivity index (χ0n) is 7.49. The maximum Gasteiger partial charge on any atom is 0.109 e. The molecule has 2 bridgehead atoms. The van der Waals surface area contributed by atoms with Crippen LogP contribution in [-0.2, 0) is 0 Å². The predicted molar refractivity (Wildman–Crippen MR) is 43.5 cm³/mol. The van der Waals surface area contributed by atoms with Crippen molar-refractivity contribution < 1.29 is 15.3 Å². The number of aliphatic hydroxyl groups excluding tert-OH is 2. The molecule has 0 spiro atoms. The van der Waals surface area contributed by atoms with E-state index in [9.17, 15) is 15.3 Å². The van der Waals surface area contributed by atoms with Gasteiger partial charge in [0.15, 0.2) is 0 Å². The first-order valence-corrected chi connectivity index (χ1v) is 4.50. The molecule has 0 aromatic carbocycles. The van der Waals surface area contributed by atoms with Gasteiger partial charge >= 0.3 is 0 Å². The van der Waals surface area contributed by atoms with Gasteiger partial charge in [0, 0.05) is 5.41 Å². The fourth-order valence-electron chi connectivity index (χ4n) is 3.01. The Kier molecular flexibility index (Phi) is 1.43. The van der Waals surface area contributed by atoms with Gasteiger partial charge in [-0.1, -0.05) is 13.8 Å². The molecular weight excluding hydrogens is 156 g/mol. The molecule has 0 radical (unpaired) electrons. The maximum absolute atomic E-state index is 10.1. The molecule has 3 N–H and O–H groups in total. The van der Waals surface area contributed by atoms with Crippen molar-refractivity contribution in [3.05, 3.63) is 0 Å².